The van der Waals surface area contributed by atoms with Gasteiger partial charge in [0.1, 0.15) is 0 Å². The van der Waals surface area contributed by atoms with Crippen molar-refractivity contribution in [2.45, 2.75) is 0 Å². The maximum Gasteiger partial charge on any atom is 0 e. The molecule has 0 saturated heterocycles. The number of nitrogens with zero attached hydrogens (tertiary/aromatic N) is 1. The van der Waals surface area contributed by atoms with Crippen LogP contribution in [-0.2, 0) is 21.7 Å². The molecule has 0 unspecified atom stereocenters. The van der Waals surface area contributed by atoms with E-state index in [1.807, 2.05) is 0 Å². The fraction of sp³-hybridized carbons (Fsp3) is 0. The molecule has 0 amide bonds. The molecule has 0 aliphatic carbocycles. The Morgan fingerprint density at radius 2 is 1.75 bits per heavy atom. The molecule has 3 nitrogen and oxygen atoms in total. The van der Waals surface area contributed by atoms with Gasteiger partial charge in [-0.25, -0.2) is 0 Å². The Morgan fingerprint density at radius 1 is 1.75 bits per heavy atom. The van der Waals surface area contributed by atoms with Crippen molar-refractivity contribution in [1.29, 1.82) is 0 Å². The Morgan fingerprint density at radius 3 is 1.75 bits per heavy atom. The van der Waals surface area contributed by atoms with E-state index in [2.05, 4.69) is 0 Å². The molecule has 0 atom stereocenters. The predicted molar refractivity (Wildman–Crippen MR) is 9.16 cm³/mol. The van der Waals surface area contributed by atoms with Gasteiger partial charge < -0.3 is 10.1 Å². The quantitative estimate of drug-likeness (QED) is 0.245. The molecular formula is NO2Ti-. The molecule has 0 spiro atoms. The Kier molecular flexibility index (Phi) is 25.0. The number of hydrogen-bond acceptors (Lipinski definition) is 3. The molecule has 0 aromatic carbocycles. The average Bonchev–Trinajstić information content (AvgIpc) is 0.918. The van der Waals surface area contributed by atoms with Gasteiger partial charge in [-0.2, -0.15) is 0 Å². The molecule has 0 aromatic heterocycles. The van der Waals surface area contributed by atoms with Gasteiger partial charge in [0, 0.05) is 21.7 Å². The zero-order chi connectivity index (χ0) is 2.71. The minimum absolute atomic E-state index is 0. The molecule has 0 aromatic rings. The van der Waals surface area contributed by atoms with Gasteiger partial charge in [0.05, 0.1) is 0 Å². The van der Waals surface area contributed by atoms with Crippen molar-refractivity contribution in [1.82, 2.24) is 0 Å². The van der Waals surface area contributed by atoms with Crippen LogP contribution in [0.2, 0.25) is 0 Å². The van der Waals surface area contributed by atoms with Crippen LogP contribution in [0.4, 0.5) is 0 Å². The molecule has 0 fully saturated rings. The van der Waals surface area contributed by atoms with Crippen molar-refractivity contribution >= 4 is 0 Å². The van der Waals surface area contributed by atoms with Crippen LogP contribution in [0.3, 0.4) is 0 Å². The third-order valence-electron chi connectivity index (χ3n) is 0. The second kappa shape index (κ2) is 11.2. The largest absolute Gasteiger partial charge is 0.444 e. The van der Waals surface area contributed by atoms with E-state index in [0.29, 0.717) is 0 Å². The summed E-state index contributed by atoms with van der Waals surface area (Å²) in [6, 6.07) is 0. The van der Waals surface area contributed by atoms with Gasteiger partial charge in [0.2, 0.25) is 0 Å². The zero-order valence-corrected chi connectivity index (χ0v) is 3.33. The van der Waals surface area contributed by atoms with Crippen LogP contribution >= 0.6 is 0 Å². The first kappa shape index (κ1) is 8.93. The molecule has 4 heteroatoms. The predicted octanol–water partition coefficient (Wildman–Crippen LogP) is 0.248. The fourth-order valence-electron chi connectivity index (χ4n) is 0. The summed E-state index contributed by atoms with van der Waals surface area (Å²) >= 11 is 0. The maximum absolute atomic E-state index is 8.00. The molecule has 0 heterocycles. The monoisotopic (exact) mass is 93.9 g/mol. The second-order valence-electron chi connectivity index (χ2n) is 0.0745. The second-order valence-corrected chi connectivity index (χ2v) is 0.0745. The molecule has 22 valence electrons. The zero-order valence-electron chi connectivity index (χ0n) is 1.76. The Labute approximate surface area is 37.8 Å². The summed E-state index contributed by atoms with van der Waals surface area (Å²) in [7, 11) is 0. The minimum atomic E-state index is 0. The van der Waals surface area contributed by atoms with Gasteiger partial charge in [0.15, 0.2) is 0 Å². The average molecular weight is 93.9 g/mol. The summed E-state index contributed by atoms with van der Waals surface area (Å²) in [4.78, 5) is 8.00. The summed E-state index contributed by atoms with van der Waals surface area (Å²) in [5.41, 5.74) is 0. The maximum atomic E-state index is 8.00. The van der Waals surface area contributed by atoms with Crippen LogP contribution in [0.5, 0.6) is 0 Å². The Bertz CT molecular complexity index is 13.5. The summed E-state index contributed by atoms with van der Waals surface area (Å²) < 4.78 is 0. The van der Waals surface area contributed by atoms with Crippen LogP contribution in [0.25, 0.3) is 0 Å². The SMILES string of the molecule is O=N[O-].[Ti]. The standard InChI is InChI=1S/HNO2.Ti/c2-1-3;/h(H,2,3);/p-1. The van der Waals surface area contributed by atoms with Crippen molar-refractivity contribution in [3.05, 3.63) is 10.1 Å². The summed E-state index contributed by atoms with van der Waals surface area (Å²) in [6.45, 7) is 0. The molecule has 0 aliphatic heterocycles. The first-order chi connectivity index (χ1) is 1.41. The van der Waals surface area contributed by atoms with Crippen LogP contribution < -0.4 is 0 Å². The third-order valence-corrected chi connectivity index (χ3v) is 0. The topological polar surface area (TPSA) is 52.5 Å². The fourth-order valence-corrected chi connectivity index (χ4v) is 0. The first-order valence-corrected chi connectivity index (χ1v) is 0.365. The summed E-state index contributed by atoms with van der Waals surface area (Å²) in [5.74, 6) is 0. The molecule has 0 rings (SSSR count). The van der Waals surface area contributed by atoms with Gasteiger partial charge in [-0.05, 0) is 0 Å². The van der Waals surface area contributed by atoms with E-state index in [1.54, 1.807) is 0 Å². The van der Waals surface area contributed by atoms with Crippen LogP contribution in [0.1, 0.15) is 0 Å². The van der Waals surface area contributed by atoms with Crippen molar-refractivity contribution in [3.63, 3.8) is 0 Å². The molecular weight excluding hydrogens is 93.9 g/mol. The van der Waals surface area contributed by atoms with Crippen molar-refractivity contribution in [3.8, 4) is 0 Å². The van der Waals surface area contributed by atoms with Crippen LogP contribution in [0, 0.1) is 10.1 Å². The van der Waals surface area contributed by atoms with Gasteiger partial charge >= 0.3 is 0 Å². The molecule has 0 aliphatic rings. The Hall–Kier alpha value is 0.114. The van der Waals surface area contributed by atoms with E-state index in [0.717, 1.165) is 5.34 Å². The molecule has 0 bridgehead atoms. The summed E-state index contributed by atoms with van der Waals surface area (Å²) in [6.07, 6.45) is 0. The molecule has 4 heavy (non-hydrogen) atoms. The van der Waals surface area contributed by atoms with Crippen molar-refractivity contribution < 1.29 is 21.7 Å². The van der Waals surface area contributed by atoms with Crippen LogP contribution in [0.15, 0.2) is 5.34 Å². The molecule has 0 radical (unpaired) electrons. The van der Waals surface area contributed by atoms with E-state index in [4.69, 9.17) is 10.1 Å². The Balaban J connectivity index is 0. The van der Waals surface area contributed by atoms with Gasteiger partial charge in [0.25, 0.3) is 0 Å². The third kappa shape index (κ3) is 201. The number of rotatable bonds is 0. The normalized spacial score (nSPS) is 3.00. The summed E-state index contributed by atoms with van der Waals surface area (Å²) in [5, 5.41) is 9.00. The van der Waals surface area contributed by atoms with Gasteiger partial charge in [-0.15, -0.1) is 5.34 Å². The first-order valence-electron chi connectivity index (χ1n) is 0.365. The smallest absolute Gasteiger partial charge is 0 e. The van der Waals surface area contributed by atoms with E-state index in [1.165, 1.54) is 0 Å². The van der Waals surface area contributed by atoms with E-state index < -0.39 is 0 Å². The molecule has 0 N–H and O–H groups in total. The van der Waals surface area contributed by atoms with Gasteiger partial charge in [-0.1, -0.05) is 0 Å². The van der Waals surface area contributed by atoms with E-state index >= 15 is 0 Å². The van der Waals surface area contributed by atoms with Crippen LogP contribution in [-0.4, -0.2) is 0 Å². The van der Waals surface area contributed by atoms with E-state index in [-0.39, 0.29) is 21.7 Å². The number of hydrogen-bond donors (Lipinski definition) is 0. The van der Waals surface area contributed by atoms with Gasteiger partial charge in [-0.3, -0.25) is 0 Å². The minimum Gasteiger partial charge on any atom is -0.444 e. The van der Waals surface area contributed by atoms with Crippen molar-refractivity contribution in [2.75, 3.05) is 0 Å². The van der Waals surface area contributed by atoms with Crippen molar-refractivity contribution in [2.24, 2.45) is 5.34 Å². The molecule has 0 saturated carbocycles. The van der Waals surface area contributed by atoms with E-state index in [9.17, 15) is 0 Å².